The van der Waals surface area contributed by atoms with Crippen molar-refractivity contribution in [1.29, 1.82) is 0 Å². The third-order valence-electron chi connectivity index (χ3n) is 4.01. The van der Waals surface area contributed by atoms with Gasteiger partial charge in [0.15, 0.2) is 0 Å². The van der Waals surface area contributed by atoms with E-state index in [0.29, 0.717) is 28.4 Å². The minimum atomic E-state index is -3.68. The number of amides is 1. The van der Waals surface area contributed by atoms with Crippen molar-refractivity contribution in [3.63, 3.8) is 0 Å². The highest BCUT2D eigenvalue weighted by Gasteiger charge is 2.20. The molecule has 2 aromatic rings. The second-order valence-electron chi connectivity index (χ2n) is 6.76. The van der Waals surface area contributed by atoms with E-state index < -0.39 is 10.0 Å². The Morgan fingerprint density at radius 3 is 2.54 bits per heavy atom. The normalized spacial score (nSPS) is 11.5. The molecule has 0 saturated heterocycles. The van der Waals surface area contributed by atoms with Crippen molar-refractivity contribution in [1.82, 2.24) is 9.62 Å². The lowest BCUT2D eigenvalue weighted by Gasteiger charge is -2.19. The van der Waals surface area contributed by atoms with Gasteiger partial charge >= 0.3 is 0 Å². The summed E-state index contributed by atoms with van der Waals surface area (Å²) in [6.07, 6.45) is 0. The van der Waals surface area contributed by atoms with Gasteiger partial charge in [0.25, 0.3) is 5.91 Å². The fourth-order valence-corrected chi connectivity index (χ4v) is 4.01. The molecule has 0 bridgehead atoms. The Balaban J connectivity index is 2.10. The molecule has 28 heavy (non-hydrogen) atoms. The molecule has 0 fully saturated rings. The second kappa shape index (κ2) is 9.41. The lowest BCUT2D eigenvalue weighted by molar-refractivity contribution is 0.0773. The second-order valence-corrected chi connectivity index (χ2v) is 8.88. The van der Waals surface area contributed by atoms with E-state index in [9.17, 15) is 13.2 Å². The minimum Gasteiger partial charge on any atom is -0.490 e. The molecular formula is C20H25ClN2O4S. The summed E-state index contributed by atoms with van der Waals surface area (Å²) in [4.78, 5) is 14.4. The van der Waals surface area contributed by atoms with Gasteiger partial charge in [0.05, 0.1) is 16.5 Å². The first-order valence-electron chi connectivity index (χ1n) is 8.87. The molecule has 8 heteroatoms. The van der Waals surface area contributed by atoms with E-state index in [1.807, 2.05) is 12.1 Å². The maximum Gasteiger partial charge on any atom is 0.254 e. The van der Waals surface area contributed by atoms with Crippen LogP contribution in [0.3, 0.4) is 0 Å². The van der Waals surface area contributed by atoms with Crippen LogP contribution < -0.4 is 9.46 Å². The Morgan fingerprint density at radius 2 is 1.89 bits per heavy atom. The third-order valence-corrected chi connectivity index (χ3v) is 5.98. The molecule has 0 aliphatic heterocycles. The summed E-state index contributed by atoms with van der Waals surface area (Å²) in [5.74, 6) is 0.274. The summed E-state index contributed by atoms with van der Waals surface area (Å²) >= 11 is 6.05. The number of rotatable bonds is 8. The van der Waals surface area contributed by atoms with Crippen molar-refractivity contribution in [2.75, 3.05) is 20.2 Å². The predicted octanol–water partition coefficient (Wildman–Crippen LogP) is 3.49. The summed E-state index contributed by atoms with van der Waals surface area (Å²) in [7, 11) is -2.03. The Bertz CT molecular complexity index is 945. The van der Waals surface area contributed by atoms with E-state index in [0.717, 1.165) is 0 Å². The molecule has 0 unspecified atom stereocenters. The van der Waals surface area contributed by atoms with Gasteiger partial charge in [-0.3, -0.25) is 4.79 Å². The van der Waals surface area contributed by atoms with E-state index in [2.05, 4.69) is 4.72 Å². The van der Waals surface area contributed by atoms with Crippen LogP contribution in [0.4, 0.5) is 0 Å². The van der Waals surface area contributed by atoms with Crippen LogP contribution in [0.15, 0.2) is 47.4 Å². The highest BCUT2D eigenvalue weighted by Crippen LogP contribution is 2.23. The first kappa shape index (κ1) is 22.2. The van der Waals surface area contributed by atoms with E-state index in [4.69, 9.17) is 16.3 Å². The summed E-state index contributed by atoms with van der Waals surface area (Å²) in [6.45, 7) is 5.84. The van der Waals surface area contributed by atoms with Gasteiger partial charge in [-0.15, -0.1) is 0 Å². The quantitative estimate of drug-likeness (QED) is 0.703. The first-order chi connectivity index (χ1) is 13.1. The standard InChI is InChI=1S/C20H25ClN2O4S/c1-14(2)22-28(25,26)16-10-9-15(3)17(13-16)20(24)23(4)11-12-27-19-8-6-5-7-18(19)21/h5-10,13-14,22H,11-12H2,1-4H3. The maximum atomic E-state index is 12.8. The van der Waals surface area contributed by atoms with Gasteiger partial charge in [0.2, 0.25) is 10.0 Å². The largest absolute Gasteiger partial charge is 0.490 e. The lowest BCUT2D eigenvalue weighted by atomic mass is 10.1. The highest BCUT2D eigenvalue weighted by molar-refractivity contribution is 7.89. The van der Waals surface area contributed by atoms with Crippen LogP contribution in [0.25, 0.3) is 0 Å². The molecule has 2 rings (SSSR count). The van der Waals surface area contributed by atoms with Crippen molar-refractivity contribution < 1.29 is 17.9 Å². The van der Waals surface area contributed by atoms with Crippen molar-refractivity contribution in [2.45, 2.75) is 31.7 Å². The molecule has 0 atom stereocenters. The summed E-state index contributed by atoms with van der Waals surface area (Å²) < 4.78 is 32.9. The minimum absolute atomic E-state index is 0.0656. The summed E-state index contributed by atoms with van der Waals surface area (Å²) in [5, 5.41) is 0.503. The third kappa shape index (κ3) is 5.70. The fraction of sp³-hybridized carbons (Fsp3) is 0.350. The molecule has 0 radical (unpaired) electrons. The first-order valence-corrected chi connectivity index (χ1v) is 10.7. The molecule has 0 aliphatic rings. The van der Waals surface area contributed by atoms with Crippen LogP contribution in [0.1, 0.15) is 29.8 Å². The number of nitrogens with one attached hydrogen (secondary N) is 1. The summed E-state index contributed by atoms with van der Waals surface area (Å²) in [6, 6.07) is 11.4. The number of nitrogens with zero attached hydrogens (tertiary/aromatic N) is 1. The van der Waals surface area contributed by atoms with Crippen LogP contribution in [0.5, 0.6) is 5.75 Å². The van der Waals surface area contributed by atoms with Gasteiger partial charge in [0.1, 0.15) is 12.4 Å². The van der Waals surface area contributed by atoms with Gasteiger partial charge in [-0.2, -0.15) is 0 Å². The molecule has 0 aromatic heterocycles. The molecule has 0 saturated carbocycles. The SMILES string of the molecule is Cc1ccc(S(=O)(=O)NC(C)C)cc1C(=O)N(C)CCOc1ccccc1Cl. The molecule has 0 spiro atoms. The molecule has 1 N–H and O–H groups in total. The van der Waals surface area contributed by atoms with E-state index in [1.54, 1.807) is 46.0 Å². The Labute approximate surface area is 171 Å². The van der Waals surface area contributed by atoms with E-state index >= 15 is 0 Å². The number of likely N-dealkylation sites (N-methyl/N-ethyl adjacent to an activating group) is 1. The fourth-order valence-electron chi connectivity index (χ4n) is 2.54. The zero-order chi connectivity index (χ0) is 20.9. The zero-order valence-corrected chi connectivity index (χ0v) is 18.0. The Morgan fingerprint density at radius 1 is 1.21 bits per heavy atom. The van der Waals surface area contributed by atoms with Gasteiger partial charge in [0, 0.05) is 18.7 Å². The van der Waals surface area contributed by atoms with Crippen molar-refractivity contribution >= 4 is 27.5 Å². The number of sulfonamides is 1. The Hall–Kier alpha value is -2.09. The molecule has 0 aliphatic carbocycles. The monoisotopic (exact) mass is 424 g/mol. The number of halogens is 1. The number of hydrogen-bond donors (Lipinski definition) is 1. The average Bonchev–Trinajstić information content (AvgIpc) is 2.61. The average molecular weight is 425 g/mol. The van der Waals surface area contributed by atoms with Crippen LogP contribution in [0, 0.1) is 6.92 Å². The smallest absolute Gasteiger partial charge is 0.254 e. The van der Waals surface area contributed by atoms with Gasteiger partial charge < -0.3 is 9.64 Å². The van der Waals surface area contributed by atoms with Crippen LogP contribution in [-0.2, 0) is 10.0 Å². The van der Waals surface area contributed by atoms with Gasteiger partial charge in [-0.25, -0.2) is 13.1 Å². The predicted molar refractivity (Wildman–Crippen MR) is 111 cm³/mol. The number of carbonyl (C=O) groups excluding carboxylic acids is 1. The van der Waals surface area contributed by atoms with Crippen molar-refractivity contribution in [2.24, 2.45) is 0 Å². The molecular weight excluding hydrogens is 400 g/mol. The molecule has 6 nitrogen and oxygen atoms in total. The zero-order valence-electron chi connectivity index (χ0n) is 16.4. The van der Waals surface area contributed by atoms with Crippen molar-refractivity contribution in [3.8, 4) is 5.75 Å². The van der Waals surface area contributed by atoms with Crippen LogP contribution >= 0.6 is 11.6 Å². The van der Waals surface area contributed by atoms with E-state index in [-0.39, 0.29) is 23.5 Å². The number of ether oxygens (including phenoxy) is 1. The van der Waals surface area contributed by atoms with Gasteiger partial charge in [-0.05, 0) is 50.6 Å². The molecule has 152 valence electrons. The topological polar surface area (TPSA) is 75.7 Å². The number of carbonyl (C=O) groups is 1. The molecule has 1 amide bonds. The van der Waals surface area contributed by atoms with Gasteiger partial charge in [-0.1, -0.05) is 29.8 Å². The number of para-hydroxylation sites is 1. The Kier molecular flexibility index (Phi) is 7.46. The highest BCUT2D eigenvalue weighted by atomic mass is 35.5. The number of benzene rings is 2. The number of hydrogen-bond acceptors (Lipinski definition) is 4. The van der Waals surface area contributed by atoms with E-state index in [1.165, 1.54) is 17.0 Å². The maximum absolute atomic E-state index is 12.8. The molecule has 0 heterocycles. The number of aryl methyl sites for hydroxylation is 1. The van der Waals surface area contributed by atoms with Crippen LogP contribution in [-0.4, -0.2) is 45.5 Å². The summed E-state index contributed by atoms with van der Waals surface area (Å²) in [5.41, 5.74) is 1.04. The van der Waals surface area contributed by atoms with Crippen molar-refractivity contribution in [3.05, 3.63) is 58.6 Å². The lowest BCUT2D eigenvalue weighted by Crippen LogP contribution is -2.32. The molecule has 2 aromatic carbocycles. The van der Waals surface area contributed by atoms with Crippen LogP contribution in [0.2, 0.25) is 5.02 Å².